The maximum atomic E-state index is 11.3. The van der Waals surface area contributed by atoms with Crippen LogP contribution in [0.25, 0.3) is 0 Å². The summed E-state index contributed by atoms with van der Waals surface area (Å²) < 4.78 is 6.04. The van der Waals surface area contributed by atoms with Crippen molar-refractivity contribution >= 4 is 5.91 Å². The zero-order chi connectivity index (χ0) is 15.9. The van der Waals surface area contributed by atoms with Gasteiger partial charge in [0, 0.05) is 29.5 Å². The van der Waals surface area contributed by atoms with Gasteiger partial charge in [-0.05, 0) is 49.9 Å². The van der Waals surface area contributed by atoms with Gasteiger partial charge < -0.3 is 15.8 Å². The second-order valence-corrected chi connectivity index (χ2v) is 7.43. The first-order valence-electron chi connectivity index (χ1n) is 8.94. The standard InChI is InChI=1S/C19H26N2O2/c20-18(22)14-5-3-4-13(12-14)6-10-21-16-15-7-11-23-17(15)19(16)8-1-2-9-19/h3-5,12,15-17,21H,1-2,6-11H2,(H2,20,22)/t15-,16-,17+/m1/s1. The van der Waals surface area contributed by atoms with Gasteiger partial charge in [0.1, 0.15) is 0 Å². The fraction of sp³-hybridized carbons (Fsp3) is 0.632. The van der Waals surface area contributed by atoms with E-state index in [9.17, 15) is 4.79 Å². The molecule has 1 amide bonds. The van der Waals surface area contributed by atoms with Crippen molar-refractivity contribution in [2.24, 2.45) is 17.1 Å². The van der Waals surface area contributed by atoms with Gasteiger partial charge in [0.05, 0.1) is 6.10 Å². The molecule has 2 saturated carbocycles. The Kier molecular flexibility index (Phi) is 3.90. The molecule has 3 atom stereocenters. The molecule has 4 rings (SSSR count). The summed E-state index contributed by atoms with van der Waals surface area (Å²) in [6.07, 6.45) is 8.01. The van der Waals surface area contributed by atoms with E-state index < -0.39 is 0 Å². The van der Waals surface area contributed by atoms with Gasteiger partial charge >= 0.3 is 0 Å². The maximum Gasteiger partial charge on any atom is 0.248 e. The summed E-state index contributed by atoms with van der Waals surface area (Å²) in [4.78, 5) is 11.3. The van der Waals surface area contributed by atoms with Gasteiger partial charge in [0.25, 0.3) is 0 Å². The lowest BCUT2D eigenvalue weighted by Crippen LogP contribution is -2.67. The van der Waals surface area contributed by atoms with Crippen LogP contribution in [0.1, 0.15) is 48.0 Å². The molecule has 4 heteroatoms. The van der Waals surface area contributed by atoms with E-state index in [0.717, 1.165) is 19.6 Å². The van der Waals surface area contributed by atoms with E-state index in [-0.39, 0.29) is 5.91 Å². The molecule has 0 unspecified atom stereocenters. The van der Waals surface area contributed by atoms with Crippen LogP contribution in [0.4, 0.5) is 0 Å². The molecule has 1 saturated heterocycles. The molecular formula is C19H26N2O2. The number of primary amides is 1. The summed E-state index contributed by atoms with van der Waals surface area (Å²) in [5.41, 5.74) is 7.55. The number of benzene rings is 1. The Bertz CT molecular complexity index is 595. The molecule has 0 aromatic heterocycles. The van der Waals surface area contributed by atoms with E-state index in [1.165, 1.54) is 37.7 Å². The largest absolute Gasteiger partial charge is 0.377 e. The Labute approximate surface area is 137 Å². The zero-order valence-corrected chi connectivity index (χ0v) is 13.6. The van der Waals surface area contributed by atoms with Crippen LogP contribution in [-0.2, 0) is 11.2 Å². The minimum absolute atomic E-state index is 0.352. The fourth-order valence-electron chi connectivity index (χ4n) is 5.26. The number of hydrogen-bond donors (Lipinski definition) is 2. The van der Waals surface area contributed by atoms with Crippen molar-refractivity contribution in [2.75, 3.05) is 13.2 Å². The predicted octanol–water partition coefficient (Wildman–Crippen LogP) is 2.27. The summed E-state index contributed by atoms with van der Waals surface area (Å²) in [5.74, 6) is 0.361. The third-order valence-electron chi connectivity index (χ3n) is 6.28. The van der Waals surface area contributed by atoms with Gasteiger partial charge in [-0.2, -0.15) is 0 Å². The number of carbonyl (C=O) groups excluding carboxylic acids is 1. The highest BCUT2D eigenvalue weighted by Crippen LogP contribution is 2.60. The Morgan fingerprint density at radius 2 is 2.17 bits per heavy atom. The molecule has 1 aromatic rings. The first-order valence-corrected chi connectivity index (χ1v) is 8.94. The number of fused-ring (bicyclic) bond motifs is 2. The average molecular weight is 314 g/mol. The van der Waals surface area contributed by atoms with Gasteiger partial charge in [0.2, 0.25) is 5.91 Å². The quantitative estimate of drug-likeness (QED) is 0.876. The van der Waals surface area contributed by atoms with Crippen molar-refractivity contribution in [3.05, 3.63) is 35.4 Å². The highest BCUT2D eigenvalue weighted by molar-refractivity contribution is 5.92. The number of ether oxygens (including phenoxy) is 1. The van der Waals surface area contributed by atoms with Crippen LogP contribution in [0.2, 0.25) is 0 Å². The molecule has 3 N–H and O–H groups in total. The van der Waals surface area contributed by atoms with E-state index in [1.54, 1.807) is 6.07 Å². The molecule has 3 fully saturated rings. The lowest BCUT2D eigenvalue weighted by molar-refractivity contribution is -0.130. The topological polar surface area (TPSA) is 64.4 Å². The molecule has 1 heterocycles. The number of nitrogens with two attached hydrogens (primary N) is 1. The Morgan fingerprint density at radius 1 is 1.35 bits per heavy atom. The third kappa shape index (κ3) is 2.48. The van der Waals surface area contributed by atoms with Crippen LogP contribution in [0.3, 0.4) is 0 Å². The predicted molar refractivity (Wildman–Crippen MR) is 89.2 cm³/mol. The van der Waals surface area contributed by atoms with Gasteiger partial charge in [0.15, 0.2) is 0 Å². The van der Waals surface area contributed by atoms with E-state index >= 15 is 0 Å². The minimum Gasteiger partial charge on any atom is -0.377 e. The van der Waals surface area contributed by atoms with Crippen molar-refractivity contribution in [3.8, 4) is 0 Å². The SMILES string of the molecule is NC(=O)c1cccc(CCN[C@@H]2[C@H]3CCO[C@@H]3C23CCCC3)c1. The molecule has 23 heavy (non-hydrogen) atoms. The molecule has 3 aliphatic rings. The fourth-order valence-corrected chi connectivity index (χ4v) is 5.26. The van der Waals surface area contributed by atoms with Crippen LogP contribution in [0.5, 0.6) is 0 Å². The Hall–Kier alpha value is -1.39. The zero-order valence-electron chi connectivity index (χ0n) is 13.6. The first-order chi connectivity index (χ1) is 11.2. The number of nitrogens with one attached hydrogen (secondary N) is 1. The second-order valence-electron chi connectivity index (χ2n) is 7.43. The average Bonchev–Trinajstić information content (AvgIpc) is 3.20. The lowest BCUT2D eigenvalue weighted by atomic mass is 9.54. The van der Waals surface area contributed by atoms with Gasteiger partial charge in [-0.15, -0.1) is 0 Å². The highest BCUT2D eigenvalue weighted by Gasteiger charge is 2.64. The van der Waals surface area contributed by atoms with E-state index in [1.807, 2.05) is 12.1 Å². The number of hydrogen-bond acceptors (Lipinski definition) is 3. The summed E-state index contributed by atoms with van der Waals surface area (Å²) >= 11 is 0. The molecule has 4 nitrogen and oxygen atoms in total. The van der Waals surface area contributed by atoms with Gasteiger partial charge in [-0.1, -0.05) is 25.0 Å². The van der Waals surface area contributed by atoms with Crippen molar-refractivity contribution < 1.29 is 9.53 Å². The van der Waals surface area contributed by atoms with Crippen molar-refractivity contribution in [1.29, 1.82) is 0 Å². The number of amides is 1. The van der Waals surface area contributed by atoms with Crippen LogP contribution in [0.15, 0.2) is 24.3 Å². The van der Waals surface area contributed by atoms with E-state index in [0.29, 0.717) is 29.0 Å². The molecule has 1 spiro atoms. The molecule has 124 valence electrons. The van der Waals surface area contributed by atoms with Crippen molar-refractivity contribution in [1.82, 2.24) is 5.32 Å². The molecule has 1 aromatic carbocycles. The lowest BCUT2D eigenvalue weighted by Gasteiger charge is -2.57. The number of rotatable bonds is 5. The second kappa shape index (κ2) is 5.91. The smallest absolute Gasteiger partial charge is 0.248 e. The van der Waals surface area contributed by atoms with Crippen LogP contribution < -0.4 is 11.1 Å². The summed E-state index contributed by atoms with van der Waals surface area (Å²) in [7, 11) is 0. The molecular weight excluding hydrogens is 288 g/mol. The van der Waals surface area contributed by atoms with Crippen LogP contribution in [-0.4, -0.2) is 31.2 Å². The number of carbonyl (C=O) groups is 1. The monoisotopic (exact) mass is 314 g/mol. The summed E-state index contributed by atoms with van der Waals surface area (Å²) in [6.45, 7) is 1.90. The van der Waals surface area contributed by atoms with Gasteiger partial charge in [-0.25, -0.2) is 0 Å². The summed E-state index contributed by atoms with van der Waals surface area (Å²) in [5, 5.41) is 3.82. The molecule has 2 aliphatic carbocycles. The summed E-state index contributed by atoms with van der Waals surface area (Å²) in [6, 6.07) is 8.30. The van der Waals surface area contributed by atoms with E-state index in [2.05, 4.69) is 11.4 Å². The van der Waals surface area contributed by atoms with Crippen molar-refractivity contribution in [3.63, 3.8) is 0 Å². The minimum atomic E-state index is -0.352. The van der Waals surface area contributed by atoms with Crippen LogP contribution in [0, 0.1) is 11.3 Å². The van der Waals surface area contributed by atoms with Gasteiger partial charge in [-0.3, -0.25) is 4.79 Å². The maximum absolute atomic E-state index is 11.3. The normalized spacial score (nSPS) is 31.0. The Morgan fingerprint density at radius 3 is 2.96 bits per heavy atom. The molecule has 1 aliphatic heterocycles. The molecule has 0 bridgehead atoms. The Balaban J connectivity index is 1.37. The van der Waals surface area contributed by atoms with E-state index in [4.69, 9.17) is 10.5 Å². The first kappa shape index (κ1) is 15.2. The molecule has 0 radical (unpaired) electrons. The third-order valence-corrected chi connectivity index (χ3v) is 6.28. The highest BCUT2D eigenvalue weighted by atomic mass is 16.5. The van der Waals surface area contributed by atoms with Crippen molar-refractivity contribution in [2.45, 2.75) is 50.7 Å². The van der Waals surface area contributed by atoms with Crippen LogP contribution >= 0.6 is 0 Å².